The van der Waals surface area contributed by atoms with Crippen LogP contribution in [0.5, 0.6) is 0 Å². The van der Waals surface area contributed by atoms with Gasteiger partial charge in [-0.15, -0.1) is 0 Å². The number of ether oxygens (including phenoxy) is 2. The summed E-state index contributed by atoms with van der Waals surface area (Å²) in [5.74, 6) is 1.41. The second-order valence-corrected chi connectivity index (χ2v) is 7.68. The fourth-order valence-electron chi connectivity index (χ4n) is 2.94. The van der Waals surface area contributed by atoms with Gasteiger partial charge in [0.25, 0.3) is 0 Å². The Hall–Kier alpha value is -2.12. The van der Waals surface area contributed by atoms with E-state index < -0.39 is 0 Å². The highest BCUT2D eigenvalue weighted by atomic mass is 16.5. The van der Waals surface area contributed by atoms with Crippen molar-refractivity contribution in [2.24, 2.45) is 16.8 Å². The summed E-state index contributed by atoms with van der Waals surface area (Å²) < 4.78 is 11.2. The van der Waals surface area contributed by atoms with Crippen LogP contribution in [0, 0.1) is 11.8 Å². The van der Waals surface area contributed by atoms with Crippen molar-refractivity contribution in [2.75, 3.05) is 45.3 Å². The van der Waals surface area contributed by atoms with E-state index in [2.05, 4.69) is 20.9 Å². The van der Waals surface area contributed by atoms with Crippen molar-refractivity contribution >= 4 is 17.6 Å². The van der Waals surface area contributed by atoms with Crippen molar-refractivity contribution in [1.82, 2.24) is 10.6 Å². The third-order valence-electron chi connectivity index (χ3n) is 4.88. The molecule has 0 atom stereocenters. The molecule has 7 nitrogen and oxygen atoms in total. The molecule has 1 aliphatic rings. The van der Waals surface area contributed by atoms with Gasteiger partial charge in [-0.3, -0.25) is 9.79 Å². The van der Waals surface area contributed by atoms with E-state index in [-0.39, 0.29) is 11.8 Å². The Morgan fingerprint density at radius 1 is 1.21 bits per heavy atom. The van der Waals surface area contributed by atoms with Crippen LogP contribution in [0.1, 0.15) is 38.7 Å². The number of rotatable bonds is 10. The molecule has 7 heteroatoms. The first kappa shape index (κ1) is 23.2. The van der Waals surface area contributed by atoms with Gasteiger partial charge in [0, 0.05) is 58.2 Å². The molecule has 0 aromatic heterocycles. The van der Waals surface area contributed by atoms with E-state index in [1.54, 1.807) is 7.05 Å². The molecule has 2 rings (SSSR count). The minimum Gasteiger partial charge on any atom is -0.381 e. The van der Waals surface area contributed by atoms with Crippen molar-refractivity contribution in [3.05, 3.63) is 29.8 Å². The number of benzene rings is 1. The van der Waals surface area contributed by atoms with Crippen LogP contribution in [-0.2, 0) is 20.8 Å². The molecule has 1 aromatic carbocycles. The molecule has 0 saturated carbocycles. The first-order valence-electron chi connectivity index (χ1n) is 10.6. The molecular weight excluding hydrogens is 368 g/mol. The molecule has 29 heavy (non-hydrogen) atoms. The van der Waals surface area contributed by atoms with E-state index >= 15 is 0 Å². The van der Waals surface area contributed by atoms with Gasteiger partial charge in [-0.2, -0.15) is 0 Å². The molecule has 0 radical (unpaired) electrons. The minimum atomic E-state index is -0.0296. The average Bonchev–Trinajstić information content (AvgIpc) is 2.74. The molecule has 1 amide bonds. The third-order valence-corrected chi connectivity index (χ3v) is 4.88. The Labute approximate surface area is 174 Å². The highest BCUT2D eigenvalue weighted by Gasteiger charge is 2.13. The predicted octanol–water partition coefficient (Wildman–Crippen LogP) is 2.78. The summed E-state index contributed by atoms with van der Waals surface area (Å²) in [6.45, 7) is 8.57. The van der Waals surface area contributed by atoms with Crippen LogP contribution in [0.3, 0.4) is 0 Å². The van der Waals surface area contributed by atoms with Gasteiger partial charge in [0.2, 0.25) is 5.91 Å². The van der Waals surface area contributed by atoms with Gasteiger partial charge in [-0.1, -0.05) is 26.0 Å². The third kappa shape index (κ3) is 9.28. The largest absolute Gasteiger partial charge is 0.381 e. The van der Waals surface area contributed by atoms with Crippen molar-refractivity contribution in [3.63, 3.8) is 0 Å². The Morgan fingerprint density at radius 3 is 2.59 bits per heavy atom. The number of amides is 1. The topological polar surface area (TPSA) is 84.0 Å². The normalized spacial score (nSPS) is 15.4. The molecule has 0 bridgehead atoms. The fourth-order valence-corrected chi connectivity index (χ4v) is 2.94. The number of nitrogens with zero attached hydrogens (tertiary/aromatic N) is 1. The number of aliphatic imine (C=N–C) groups is 1. The van der Waals surface area contributed by atoms with Crippen molar-refractivity contribution in [1.29, 1.82) is 0 Å². The van der Waals surface area contributed by atoms with Gasteiger partial charge in [0.05, 0.1) is 0 Å². The molecule has 1 aliphatic heterocycles. The van der Waals surface area contributed by atoms with Crippen LogP contribution < -0.4 is 16.0 Å². The average molecular weight is 405 g/mol. The molecule has 1 heterocycles. The van der Waals surface area contributed by atoms with Gasteiger partial charge in [0.15, 0.2) is 5.96 Å². The number of nitrogens with one attached hydrogen (secondary N) is 3. The molecule has 0 spiro atoms. The zero-order chi connectivity index (χ0) is 20.9. The van der Waals surface area contributed by atoms with Crippen molar-refractivity contribution < 1.29 is 14.3 Å². The Bertz CT molecular complexity index is 625. The molecule has 1 aromatic rings. The minimum absolute atomic E-state index is 0.0252. The Morgan fingerprint density at radius 2 is 1.93 bits per heavy atom. The zero-order valence-electron chi connectivity index (χ0n) is 18.0. The lowest BCUT2D eigenvalue weighted by Crippen LogP contribution is -2.37. The molecule has 1 saturated heterocycles. The number of anilines is 1. The number of hydrogen-bond acceptors (Lipinski definition) is 4. The van der Waals surface area contributed by atoms with Crippen LogP contribution in [-0.4, -0.2) is 51.9 Å². The van der Waals surface area contributed by atoms with Crippen LogP contribution in [0.2, 0.25) is 0 Å². The summed E-state index contributed by atoms with van der Waals surface area (Å²) in [5.41, 5.74) is 1.94. The Balaban J connectivity index is 1.59. The lowest BCUT2D eigenvalue weighted by atomic mass is 10.0. The Kier molecular flexibility index (Phi) is 10.5. The molecule has 0 aliphatic carbocycles. The van der Waals surface area contributed by atoms with Crippen LogP contribution in [0.15, 0.2) is 29.3 Å². The highest BCUT2D eigenvalue weighted by Crippen LogP contribution is 2.14. The van der Waals surface area contributed by atoms with Crippen molar-refractivity contribution in [3.8, 4) is 0 Å². The fraction of sp³-hybridized carbons (Fsp3) is 0.636. The first-order chi connectivity index (χ1) is 14.1. The monoisotopic (exact) mass is 404 g/mol. The van der Waals surface area contributed by atoms with Crippen LogP contribution in [0.25, 0.3) is 0 Å². The summed E-state index contributed by atoms with van der Waals surface area (Å²) in [5, 5.41) is 9.51. The van der Waals surface area contributed by atoms with E-state index in [1.807, 2.05) is 38.1 Å². The van der Waals surface area contributed by atoms with Gasteiger partial charge in [-0.25, -0.2) is 0 Å². The van der Waals surface area contributed by atoms with E-state index in [1.165, 1.54) is 0 Å². The van der Waals surface area contributed by atoms with E-state index in [0.29, 0.717) is 12.5 Å². The molecule has 3 N–H and O–H groups in total. The van der Waals surface area contributed by atoms with Gasteiger partial charge >= 0.3 is 0 Å². The lowest BCUT2D eigenvalue weighted by Gasteiger charge is -2.21. The molecular formula is C22H36N4O3. The van der Waals surface area contributed by atoms with Crippen LogP contribution >= 0.6 is 0 Å². The quantitative estimate of drug-likeness (QED) is 0.317. The predicted molar refractivity (Wildman–Crippen MR) is 117 cm³/mol. The van der Waals surface area contributed by atoms with E-state index in [4.69, 9.17) is 9.47 Å². The number of hydrogen-bond donors (Lipinski definition) is 3. The van der Waals surface area contributed by atoms with Gasteiger partial charge in [-0.05, 0) is 42.9 Å². The highest BCUT2D eigenvalue weighted by molar-refractivity contribution is 5.92. The molecule has 1 fully saturated rings. The standard InChI is InChI=1S/C22H36N4O3/c1-17(2)21(27)26-20-7-5-18(6-8-20)15-25-22(23-3)24-11-4-12-29-16-19-9-13-28-14-10-19/h5-8,17,19H,4,9-16H2,1-3H3,(H,26,27)(H2,23,24,25). The molecule has 162 valence electrons. The number of carbonyl (C=O) groups excluding carboxylic acids is 1. The second kappa shape index (κ2) is 13.2. The maximum atomic E-state index is 11.7. The van der Waals surface area contributed by atoms with Gasteiger partial charge in [0.1, 0.15) is 0 Å². The first-order valence-corrected chi connectivity index (χ1v) is 10.6. The van der Waals surface area contributed by atoms with E-state index in [9.17, 15) is 4.79 Å². The van der Waals surface area contributed by atoms with E-state index in [0.717, 1.165) is 69.4 Å². The summed E-state index contributed by atoms with van der Waals surface area (Å²) in [4.78, 5) is 16.0. The molecule has 0 unspecified atom stereocenters. The maximum absolute atomic E-state index is 11.7. The number of guanidine groups is 1. The maximum Gasteiger partial charge on any atom is 0.226 e. The second-order valence-electron chi connectivity index (χ2n) is 7.68. The summed E-state index contributed by atoms with van der Waals surface area (Å²) >= 11 is 0. The zero-order valence-corrected chi connectivity index (χ0v) is 18.0. The van der Waals surface area contributed by atoms with Gasteiger partial charge < -0.3 is 25.4 Å². The lowest BCUT2D eigenvalue weighted by molar-refractivity contribution is -0.118. The summed E-state index contributed by atoms with van der Waals surface area (Å²) in [6.07, 6.45) is 3.16. The summed E-state index contributed by atoms with van der Waals surface area (Å²) in [7, 11) is 1.77. The number of carbonyl (C=O) groups is 1. The smallest absolute Gasteiger partial charge is 0.226 e. The van der Waals surface area contributed by atoms with Crippen molar-refractivity contribution in [2.45, 2.75) is 39.7 Å². The van der Waals surface area contributed by atoms with Crippen LogP contribution in [0.4, 0.5) is 5.69 Å². The SMILES string of the molecule is CN=C(NCCCOCC1CCOCC1)NCc1ccc(NC(=O)C(C)C)cc1. The summed E-state index contributed by atoms with van der Waals surface area (Å²) in [6, 6.07) is 7.84.